The second-order valence-corrected chi connectivity index (χ2v) is 1.96. The summed E-state index contributed by atoms with van der Waals surface area (Å²) < 4.78 is 4.83. The fourth-order valence-electron chi connectivity index (χ4n) is 0.704. The molecule has 0 saturated heterocycles. The summed E-state index contributed by atoms with van der Waals surface area (Å²) in [4.78, 5) is 9.72. The third-order valence-electron chi connectivity index (χ3n) is 1.28. The molecule has 12 heavy (non-hydrogen) atoms. The van der Waals surface area contributed by atoms with Crippen molar-refractivity contribution >= 4 is 5.69 Å². The first-order chi connectivity index (χ1) is 5.24. The molecule has 1 rings (SSSR count). The number of non-ortho nitro benzene ring substituents is 1. The van der Waals surface area contributed by atoms with Crippen LogP contribution in [0.15, 0.2) is 24.3 Å². The zero-order valence-corrected chi connectivity index (χ0v) is 7.29. The van der Waals surface area contributed by atoms with E-state index in [4.69, 9.17) is 4.74 Å². The Kier molecular flexibility index (Phi) is 4.30. The van der Waals surface area contributed by atoms with Crippen molar-refractivity contribution in [3.63, 3.8) is 0 Å². The van der Waals surface area contributed by atoms with Crippen LogP contribution in [-0.2, 0) is 16.5 Å². The third kappa shape index (κ3) is 2.51. The summed E-state index contributed by atoms with van der Waals surface area (Å²) in [5, 5.41) is 10.2. The summed E-state index contributed by atoms with van der Waals surface area (Å²) in [6.45, 7) is 0. The molecule has 0 N–H and O–H groups in total. The molecule has 0 radical (unpaired) electrons. The summed E-state index contributed by atoms with van der Waals surface area (Å²) in [5.74, 6) is 0.621. The minimum absolute atomic E-state index is 0. The zero-order valence-electron chi connectivity index (χ0n) is 6.30. The summed E-state index contributed by atoms with van der Waals surface area (Å²) >= 11 is 0. The van der Waals surface area contributed by atoms with Gasteiger partial charge in [-0.1, -0.05) is 0 Å². The van der Waals surface area contributed by atoms with E-state index in [-0.39, 0.29) is 22.2 Å². The van der Waals surface area contributed by atoms with Gasteiger partial charge in [-0.15, -0.1) is 0 Å². The third-order valence-corrected chi connectivity index (χ3v) is 1.28. The van der Waals surface area contributed by atoms with Crippen LogP contribution >= 0.6 is 0 Å². The first-order valence-corrected chi connectivity index (χ1v) is 3.02. The van der Waals surface area contributed by atoms with Crippen molar-refractivity contribution in [2.45, 2.75) is 0 Å². The van der Waals surface area contributed by atoms with E-state index in [9.17, 15) is 10.1 Å². The number of nitro groups is 1. The van der Waals surface area contributed by atoms with Crippen LogP contribution in [-0.4, -0.2) is 12.0 Å². The molecule has 1 aromatic rings. The Morgan fingerprint density at radius 3 is 2.17 bits per heavy atom. The molecule has 0 heterocycles. The van der Waals surface area contributed by atoms with E-state index in [1.165, 1.54) is 19.2 Å². The molecule has 0 saturated carbocycles. The molecule has 0 spiro atoms. The van der Waals surface area contributed by atoms with Crippen LogP contribution in [0.2, 0.25) is 0 Å². The molecule has 0 unspecified atom stereocenters. The predicted molar refractivity (Wildman–Crippen MR) is 39.6 cm³/mol. The average Bonchev–Trinajstić information content (AvgIpc) is 2.05. The van der Waals surface area contributed by atoms with Gasteiger partial charge in [0.25, 0.3) is 5.69 Å². The van der Waals surface area contributed by atoms with Crippen molar-refractivity contribution in [1.29, 1.82) is 0 Å². The van der Waals surface area contributed by atoms with Crippen molar-refractivity contribution in [2.75, 3.05) is 7.11 Å². The number of nitrogens with zero attached hydrogens (tertiary/aromatic N) is 1. The molecule has 0 bridgehead atoms. The Bertz CT molecular complexity index is 260. The van der Waals surface area contributed by atoms with Gasteiger partial charge in [0.15, 0.2) is 0 Å². The topological polar surface area (TPSA) is 52.4 Å². The zero-order chi connectivity index (χ0) is 8.27. The maximum Gasteiger partial charge on any atom is 0.269 e. The molecule has 5 heteroatoms. The predicted octanol–water partition coefficient (Wildman–Crippen LogP) is 1.60. The van der Waals surface area contributed by atoms with Crippen molar-refractivity contribution in [1.82, 2.24) is 0 Å². The molecule has 68 valence electrons. The summed E-state index contributed by atoms with van der Waals surface area (Å²) in [5.41, 5.74) is 0.0748. The van der Waals surface area contributed by atoms with Gasteiger partial charge in [0.1, 0.15) is 5.75 Å². The van der Waals surface area contributed by atoms with E-state index >= 15 is 0 Å². The van der Waals surface area contributed by atoms with E-state index in [1.54, 1.807) is 12.1 Å². The number of methoxy groups -OCH3 is 1. The van der Waals surface area contributed by atoms with Gasteiger partial charge in [-0.05, 0) is 12.1 Å². The number of nitro benzene ring substituents is 1. The standard InChI is InChI=1S/C7H7NO3.Ni/c1-11-7-4-2-6(3-5-7)8(9)10;/h2-5H,1H3;. The van der Waals surface area contributed by atoms with Gasteiger partial charge in [-0.25, -0.2) is 0 Å². The van der Waals surface area contributed by atoms with Gasteiger partial charge in [0.2, 0.25) is 0 Å². The molecule has 0 atom stereocenters. The normalized spacial score (nSPS) is 8.42. The Hall–Kier alpha value is -1.09. The second-order valence-electron chi connectivity index (χ2n) is 1.96. The number of hydrogen-bond donors (Lipinski definition) is 0. The number of rotatable bonds is 2. The first-order valence-electron chi connectivity index (χ1n) is 3.02. The molecule has 4 nitrogen and oxygen atoms in total. The second kappa shape index (κ2) is 4.72. The summed E-state index contributed by atoms with van der Waals surface area (Å²) in [7, 11) is 1.52. The van der Waals surface area contributed by atoms with Gasteiger partial charge >= 0.3 is 0 Å². The summed E-state index contributed by atoms with van der Waals surface area (Å²) in [6, 6.07) is 5.91. The van der Waals surface area contributed by atoms with Gasteiger partial charge in [0, 0.05) is 28.6 Å². The molecule has 0 fully saturated rings. The smallest absolute Gasteiger partial charge is 0.269 e. The van der Waals surface area contributed by atoms with E-state index in [0.717, 1.165) is 0 Å². The van der Waals surface area contributed by atoms with Crippen molar-refractivity contribution in [2.24, 2.45) is 0 Å². The summed E-state index contributed by atoms with van der Waals surface area (Å²) in [6.07, 6.45) is 0. The van der Waals surface area contributed by atoms with E-state index in [0.29, 0.717) is 5.75 Å². The molecular weight excluding hydrogens is 205 g/mol. The van der Waals surface area contributed by atoms with Crippen molar-refractivity contribution < 1.29 is 26.2 Å². The minimum Gasteiger partial charge on any atom is -0.497 e. The van der Waals surface area contributed by atoms with E-state index < -0.39 is 4.92 Å². The van der Waals surface area contributed by atoms with Crippen LogP contribution in [0.25, 0.3) is 0 Å². The van der Waals surface area contributed by atoms with Gasteiger partial charge in [-0.2, -0.15) is 0 Å². The Morgan fingerprint density at radius 1 is 1.33 bits per heavy atom. The van der Waals surface area contributed by atoms with Gasteiger partial charge in [0.05, 0.1) is 12.0 Å². The quantitative estimate of drug-likeness (QED) is 0.424. The number of hydrogen-bond acceptors (Lipinski definition) is 3. The van der Waals surface area contributed by atoms with E-state index in [2.05, 4.69) is 0 Å². The number of benzene rings is 1. The van der Waals surface area contributed by atoms with Crippen LogP contribution in [0, 0.1) is 10.1 Å². The van der Waals surface area contributed by atoms with E-state index in [1.807, 2.05) is 0 Å². The molecule has 0 aliphatic carbocycles. The van der Waals surface area contributed by atoms with Crippen LogP contribution in [0.1, 0.15) is 0 Å². The van der Waals surface area contributed by atoms with Crippen LogP contribution in [0.5, 0.6) is 5.75 Å². The fourth-order valence-corrected chi connectivity index (χ4v) is 0.704. The molecule has 1 aromatic carbocycles. The monoisotopic (exact) mass is 211 g/mol. The number of ether oxygens (including phenoxy) is 1. The SMILES string of the molecule is COc1ccc([N+](=O)[O-])cc1.[Ni]. The van der Waals surface area contributed by atoms with Gasteiger partial charge in [-0.3, -0.25) is 10.1 Å². The minimum atomic E-state index is -0.445. The molecule has 0 aliphatic rings. The van der Waals surface area contributed by atoms with Crippen LogP contribution in [0.4, 0.5) is 5.69 Å². The Labute approximate surface area is 79.6 Å². The Balaban J connectivity index is 0.00000121. The van der Waals surface area contributed by atoms with Crippen molar-refractivity contribution in [3.05, 3.63) is 34.4 Å². The maximum absolute atomic E-state index is 10.2. The maximum atomic E-state index is 10.2. The molecule has 0 amide bonds. The largest absolute Gasteiger partial charge is 0.497 e. The molecular formula is C7H7NNiO3. The van der Waals surface area contributed by atoms with Crippen LogP contribution in [0.3, 0.4) is 0 Å². The van der Waals surface area contributed by atoms with Crippen molar-refractivity contribution in [3.8, 4) is 5.75 Å². The Morgan fingerprint density at radius 2 is 1.83 bits per heavy atom. The van der Waals surface area contributed by atoms with Gasteiger partial charge < -0.3 is 4.74 Å². The average molecular weight is 212 g/mol. The fraction of sp³-hybridized carbons (Fsp3) is 0.143. The first kappa shape index (κ1) is 10.9. The molecule has 0 aromatic heterocycles. The van der Waals surface area contributed by atoms with Crippen LogP contribution < -0.4 is 4.74 Å². The molecule has 0 aliphatic heterocycles.